The maximum absolute atomic E-state index is 14.6. The fraction of sp³-hybridized carbons (Fsp3) is 0.459. The van der Waals surface area contributed by atoms with Crippen LogP contribution in [-0.2, 0) is 35.2 Å². The quantitative estimate of drug-likeness (QED) is 0.211. The summed E-state index contributed by atoms with van der Waals surface area (Å²) in [5.41, 5.74) is 0.447. The summed E-state index contributed by atoms with van der Waals surface area (Å²) in [6.07, 6.45) is 4.74. The molecule has 3 fully saturated rings. The van der Waals surface area contributed by atoms with E-state index in [4.69, 9.17) is 9.47 Å². The van der Waals surface area contributed by atoms with E-state index < -0.39 is 53.5 Å². The number of aliphatic hydroxyl groups is 1. The number of nitrogens with zero attached hydrogens (tertiary/aromatic N) is 2. The van der Waals surface area contributed by atoms with Crippen LogP contribution in [-0.4, -0.2) is 82.1 Å². The van der Waals surface area contributed by atoms with E-state index in [0.717, 1.165) is 11.1 Å². The highest BCUT2D eigenvalue weighted by molar-refractivity contribution is 5.99. The minimum absolute atomic E-state index is 0.0839. The number of fused-ring (bicyclic) bond motifs is 1. The number of rotatable bonds is 16. The van der Waals surface area contributed by atoms with Crippen LogP contribution < -0.4 is 5.32 Å². The largest absolute Gasteiger partial charge is 0.463 e. The van der Waals surface area contributed by atoms with Crippen LogP contribution in [0.2, 0.25) is 0 Å². The zero-order valence-corrected chi connectivity index (χ0v) is 27.0. The third-order valence-electron chi connectivity index (χ3n) is 9.71. The van der Waals surface area contributed by atoms with Crippen molar-refractivity contribution < 1.29 is 33.8 Å². The van der Waals surface area contributed by atoms with E-state index in [-0.39, 0.29) is 38.0 Å². The van der Waals surface area contributed by atoms with Crippen molar-refractivity contribution in [2.45, 2.75) is 75.4 Å². The van der Waals surface area contributed by atoms with E-state index in [1.54, 1.807) is 17.1 Å². The molecular formula is C37H45N3O7. The van der Waals surface area contributed by atoms with E-state index >= 15 is 0 Å². The monoisotopic (exact) mass is 643 g/mol. The van der Waals surface area contributed by atoms with Crippen LogP contribution in [0.3, 0.4) is 0 Å². The van der Waals surface area contributed by atoms with Crippen molar-refractivity contribution in [3.8, 4) is 0 Å². The predicted molar refractivity (Wildman–Crippen MR) is 175 cm³/mol. The van der Waals surface area contributed by atoms with Crippen LogP contribution in [0.5, 0.6) is 0 Å². The Bertz CT molecular complexity index is 1450. The van der Waals surface area contributed by atoms with Crippen LogP contribution >= 0.6 is 0 Å². The van der Waals surface area contributed by atoms with Crippen molar-refractivity contribution in [2.24, 2.45) is 11.8 Å². The van der Waals surface area contributed by atoms with Crippen LogP contribution in [0, 0.1) is 11.8 Å². The van der Waals surface area contributed by atoms with Gasteiger partial charge in [-0.3, -0.25) is 19.2 Å². The first kappa shape index (κ1) is 34.1. The van der Waals surface area contributed by atoms with Crippen molar-refractivity contribution in [1.29, 1.82) is 0 Å². The number of ether oxygens (including phenoxy) is 2. The molecule has 1 spiro atoms. The average Bonchev–Trinajstić information content (AvgIpc) is 3.74. The first-order chi connectivity index (χ1) is 22.8. The van der Waals surface area contributed by atoms with Gasteiger partial charge in [0.25, 0.3) is 0 Å². The summed E-state index contributed by atoms with van der Waals surface area (Å²) in [5.74, 6) is -3.24. The number of amides is 3. The number of hydrogen-bond acceptors (Lipinski definition) is 7. The number of likely N-dealkylation sites (tertiary alicyclic amines) is 1. The van der Waals surface area contributed by atoms with Gasteiger partial charge >= 0.3 is 5.97 Å². The molecule has 47 heavy (non-hydrogen) atoms. The zero-order chi connectivity index (χ0) is 33.6. The molecule has 250 valence electrons. The number of allylic oxidation sites excluding steroid dienone is 1. The Labute approximate surface area is 276 Å². The summed E-state index contributed by atoms with van der Waals surface area (Å²) < 4.78 is 12.1. The Morgan fingerprint density at radius 2 is 1.83 bits per heavy atom. The maximum atomic E-state index is 14.6. The van der Waals surface area contributed by atoms with Gasteiger partial charge in [-0.05, 0) is 36.8 Å². The Hall–Kier alpha value is -4.28. The molecule has 10 heteroatoms. The molecule has 3 aliphatic rings. The molecule has 0 aliphatic carbocycles. The second kappa shape index (κ2) is 15.1. The first-order valence-electron chi connectivity index (χ1n) is 16.5. The number of carbonyl (C=O) groups excluding carboxylic acids is 4. The summed E-state index contributed by atoms with van der Waals surface area (Å²) in [6, 6.07) is 16.5. The van der Waals surface area contributed by atoms with Gasteiger partial charge in [0.2, 0.25) is 17.7 Å². The van der Waals surface area contributed by atoms with Crippen LogP contribution in [0.25, 0.3) is 0 Å². The molecule has 0 aromatic heterocycles. The normalized spacial score (nSPS) is 25.5. The molecule has 0 unspecified atom stereocenters. The SMILES string of the molecule is C=CCCC(=O)OC[C@H](NC(=O)[C@@H]1[C@@H]2CC[C@]3(O2)[C@H](C(=O)N(CC=C)Cc2ccccc2)N([C@@H](CC)CO)C(=O)[C@@H]13)c1ccccc1. The van der Waals surface area contributed by atoms with Crippen LogP contribution in [0.1, 0.15) is 56.2 Å². The standard InChI is InChI=1S/C37H45N3O7/c1-4-7-18-30(42)46-24-28(26-16-12-9-13-17-26)38-34(43)31-29-19-20-37(47-29)32(31)35(44)40(27(6-3)23-41)33(37)36(45)39(21-5-2)22-25-14-10-8-11-15-25/h4-5,8-17,27-29,31-33,41H,1-2,6-7,18-24H2,3H3,(H,38,43)/t27-,28-,29-,31+,32+,33-,37+/m0/s1. The fourth-order valence-electron chi connectivity index (χ4n) is 7.49. The third-order valence-corrected chi connectivity index (χ3v) is 9.71. The lowest BCUT2D eigenvalue weighted by Crippen LogP contribution is -2.58. The number of carbonyl (C=O) groups is 4. The summed E-state index contributed by atoms with van der Waals surface area (Å²) in [4.78, 5) is 58.7. The van der Waals surface area contributed by atoms with Gasteiger partial charge in [-0.25, -0.2) is 0 Å². The van der Waals surface area contributed by atoms with Gasteiger partial charge in [-0.1, -0.05) is 79.7 Å². The Morgan fingerprint density at radius 1 is 1.13 bits per heavy atom. The number of aliphatic hydroxyl groups excluding tert-OH is 1. The molecule has 3 aliphatic heterocycles. The molecule has 2 aromatic rings. The highest BCUT2D eigenvalue weighted by atomic mass is 16.5. The van der Waals surface area contributed by atoms with E-state index in [0.29, 0.717) is 32.2 Å². The lowest BCUT2D eigenvalue weighted by molar-refractivity contribution is -0.151. The molecule has 7 atom stereocenters. The van der Waals surface area contributed by atoms with Crippen molar-refractivity contribution in [1.82, 2.24) is 15.1 Å². The lowest BCUT2D eigenvalue weighted by atomic mass is 9.70. The molecule has 0 saturated carbocycles. The molecule has 3 saturated heterocycles. The first-order valence-corrected chi connectivity index (χ1v) is 16.5. The second-order valence-electron chi connectivity index (χ2n) is 12.5. The van der Waals surface area contributed by atoms with Gasteiger partial charge in [-0.15, -0.1) is 13.2 Å². The van der Waals surface area contributed by atoms with Gasteiger partial charge in [0.1, 0.15) is 18.2 Å². The molecule has 2 bridgehead atoms. The topological polar surface area (TPSA) is 125 Å². The summed E-state index contributed by atoms with van der Waals surface area (Å²) in [7, 11) is 0. The smallest absolute Gasteiger partial charge is 0.306 e. The van der Waals surface area contributed by atoms with Gasteiger partial charge in [0, 0.05) is 19.5 Å². The molecule has 2 aromatic carbocycles. The number of hydrogen-bond donors (Lipinski definition) is 2. The zero-order valence-electron chi connectivity index (χ0n) is 27.0. The van der Waals surface area contributed by atoms with E-state index in [1.807, 2.05) is 67.6 Å². The maximum Gasteiger partial charge on any atom is 0.306 e. The van der Waals surface area contributed by atoms with Crippen molar-refractivity contribution in [3.63, 3.8) is 0 Å². The molecule has 2 N–H and O–H groups in total. The van der Waals surface area contributed by atoms with Gasteiger partial charge in [0.15, 0.2) is 0 Å². The highest BCUT2D eigenvalue weighted by Crippen LogP contribution is 2.59. The summed E-state index contributed by atoms with van der Waals surface area (Å²) in [5, 5.41) is 13.4. The van der Waals surface area contributed by atoms with E-state index in [1.165, 1.54) is 4.90 Å². The summed E-state index contributed by atoms with van der Waals surface area (Å²) in [6.45, 7) is 9.50. The van der Waals surface area contributed by atoms with Crippen molar-refractivity contribution in [3.05, 3.63) is 97.1 Å². The fourth-order valence-corrected chi connectivity index (χ4v) is 7.49. The van der Waals surface area contributed by atoms with Crippen LogP contribution in [0.4, 0.5) is 0 Å². The number of benzene rings is 2. The van der Waals surface area contributed by atoms with Gasteiger partial charge < -0.3 is 29.7 Å². The molecule has 10 nitrogen and oxygen atoms in total. The van der Waals surface area contributed by atoms with Gasteiger partial charge in [0.05, 0.1) is 36.6 Å². The molecule has 0 radical (unpaired) electrons. The highest BCUT2D eigenvalue weighted by Gasteiger charge is 2.75. The molecule has 5 rings (SSSR count). The van der Waals surface area contributed by atoms with Crippen molar-refractivity contribution in [2.75, 3.05) is 19.8 Å². The molecule has 3 heterocycles. The minimum Gasteiger partial charge on any atom is -0.463 e. The van der Waals surface area contributed by atoms with Crippen LogP contribution in [0.15, 0.2) is 86.0 Å². The minimum atomic E-state index is -1.22. The Morgan fingerprint density at radius 3 is 2.47 bits per heavy atom. The Balaban J connectivity index is 1.45. The number of esters is 1. The van der Waals surface area contributed by atoms with Gasteiger partial charge in [-0.2, -0.15) is 0 Å². The van der Waals surface area contributed by atoms with E-state index in [9.17, 15) is 24.3 Å². The molecular weight excluding hydrogens is 598 g/mol. The number of nitrogens with one attached hydrogen (secondary N) is 1. The Kier molecular flexibility index (Phi) is 10.9. The average molecular weight is 644 g/mol. The predicted octanol–water partition coefficient (Wildman–Crippen LogP) is 3.71. The third kappa shape index (κ3) is 6.75. The second-order valence-corrected chi connectivity index (χ2v) is 12.5. The van der Waals surface area contributed by atoms with E-state index in [2.05, 4.69) is 18.5 Å². The van der Waals surface area contributed by atoms with Crippen molar-refractivity contribution >= 4 is 23.7 Å². The molecule has 3 amide bonds. The lowest BCUT2D eigenvalue weighted by Gasteiger charge is -2.39. The summed E-state index contributed by atoms with van der Waals surface area (Å²) >= 11 is 0.